The Balaban J connectivity index is 1.30. The molecule has 0 radical (unpaired) electrons. The lowest BCUT2D eigenvalue weighted by atomic mass is 9.64. The summed E-state index contributed by atoms with van der Waals surface area (Å²) in [6, 6.07) is 6.15. The van der Waals surface area contributed by atoms with E-state index in [1.165, 1.54) is 30.7 Å². The Morgan fingerprint density at radius 3 is 3.04 bits per heavy atom. The van der Waals surface area contributed by atoms with Gasteiger partial charge in [-0.3, -0.25) is 4.79 Å². The van der Waals surface area contributed by atoms with Gasteiger partial charge in [0, 0.05) is 37.3 Å². The minimum atomic E-state index is 0.0506. The molecule has 2 fully saturated rings. The summed E-state index contributed by atoms with van der Waals surface area (Å²) in [5.41, 5.74) is 0.549. The number of hydrogen-bond acceptors (Lipinski definition) is 4. The van der Waals surface area contributed by atoms with E-state index in [0.29, 0.717) is 5.41 Å². The predicted molar refractivity (Wildman–Crippen MR) is 98.4 cm³/mol. The van der Waals surface area contributed by atoms with E-state index in [4.69, 9.17) is 0 Å². The van der Waals surface area contributed by atoms with Crippen LogP contribution in [0.15, 0.2) is 24.4 Å². The summed E-state index contributed by atoms with van der Waals surface area (Å²) >= 11 is 1.48. The Morgan fingerprint density at radius 1 is 1.46 bits per heavy atom. The maximum Gasteiger partial charge on any atom is 0.261 e. The fourth-order valence-electron chi connectivity index (χ4n) is 4.36. The van der Waals surface area contributed by atoms with Gasteiger partial charge in [-0.25, -0.2) is 4.98 Å². The Hall–Kier alpha value is -1.46. The van der Waals surface area contributed by atoms with Gasteiger partial charge in [-0.05, 0) is 42.7 Å². The molecule has 1 saturated carbocycles. The van der Waals surface area contributed by atoms with E-state index >= 15 is 0 Å². The number of pyridine rings is 1. The van der Waals surface area contributed by atoms with Crippen molar-refractivity contribution in [3.05, 3.63) is 29.3 Å². The maximum absolute atomic E-state index is 12.5. The van der Waals surface area contributed by atoms with E-state index in [1.54, 1.807) is 6.20 Å². The molecule has 1 aliphatic carbocycles. The van der Waals surface area contributed by atoms with Crippen molar-refractivity contribution in [1.29, 1.82) is 0 Å². The second kappa shape index (κ2) is 6.12. The number of aromatic nitrogens is 1. The van der Waals surface area contributed by atoms with Gasteiger partial charge in [-0.15, -0.1) is 11.3 Å². The van der Waals surface area contributed by atoms with Crippen LogP contribution in [0.4, 0.5) is 0 Å². The molecule has 0 spiro atoms. The summed E-state index contributed by atoms with van der Waals surface area (Å²) in [5, 5.41) is 4.26. The van der Waals surface area contributed by atoms with Gasteiger partial charge in [-0.2, -0.15) is 0 Å². The maximum atomic E-state index is 12.5. The number of carbonyl (C=O) groups excluding carboxylic acids is 1. The van der Waals surface area contributed by atoms with Gasteiger partial charge in [0.1, 0.15) is 4.83 Å². The molecule has 1 aliphatic heterocycles. The topological polar surface area (TPSA) is 45.2 Å². The number of nitrogens with one attached hydrogen (secondary N) is 1. The number of rotatable bonds is 4. The molecule has 2 aliphatic rings. The minimum absolute atomic E-state index is 0.0506. The van der Waals surface area contributed by atoms with Crippen LogP contribution in [0.1, 0.15) is 42.8 Å². The number of amides is 1. The second-order valence-electron chi connectivity index (χ2n) is 8.17. The van der Waals surface area contributed by atoms with Gasteiger partial charge in [0.25, 0.3) is 5.91 Å². The van der Waals surface area contributed by atoms with Crippen LogP contribution in [-0.4, -0.2) is 41.5 Å². The molecule has 2 aromatic rings. The van der Waals surface area contributed by atoms with E-state index in [9.17, 15) is 4.79 Å². The minimum Gasteiger partial charge on any atom is -0.347 e. The zero-order valence-electron chi connectivity index (χ0n) is 14.4. The zero-order valence-corrected chi connectivity index (χ0v) is 15.2. The fourth-order valence-corrected chi connectivity index (χ4v) is 5.26. The van der Waals surface area contributed by atoms with Crippen LogP contribution < -0.4 is 5.32 Å². The van der Waals surface area contributed by atoms with Crippen LogP contribution >= 0.6 is 11.3 Å². The molecule has 0 bridgehead atoms. The van der Waals surface area contributed by atoms with E-state index < -0.39 is 0 Å². The third-order valence-corrected chi connectivity index (χ3v) is 6.38. The molecule has 1 atom stereocenters. The first-order valence-corrected chi connectivity index (χ1v) is 9.68. The third-order valence-electron chi connectivity index (χ3n) is 5.32. The molecule has 2 aromatic heterocycles. The van der Waals surface area contributed by atoms with Gasteiger partial charge in [-0.1, -0.05) is 19.9 Å². The molecule has 1 saturated heterocycles. The number of thiophene rings is 1. The molecule has 1 N–H and O–H groups in total. The Bertz CT molecular complexity index is 713. The van der Waals surface area contributed by atoms with E-state index in [-0.39, 0.29) is 11.9 Å². The Kier molecular flexibility index (Phi) is 4.09. The Labute approximate surface area is 147 Å². The SMILES string of the molecule is CC1(C)CC(CN2CCC(NC(=O)c3cc4cccnc4s3)C2)C1. The summed E-state index contributed by atoms with van der Waals surface area (Å²) in [6.45, 7) is 8.01. The molecule has 0 aromatic carbocycles. The van der Waals surface area contributed by atoms with Crippen LogP contribution in [0, 0.1) is 11.3 Å². The first kappa shape index (κ1) is 16.0. The van der Waals surface area contributed by atoms with E-state index in [0.717, 1.165) is 40.5 Å². The lowest BCUT2D eigenvalue weighted by Crippen LogP contribution is -2.41. The average Bonchev–Trinajstić information content (AvgIpc) is 3.11. The lowest BCUT2D eigenvalue weighted by molar-refractivity contribution is 0.0670. The smallest absolute Gasteiger partial charge is 0.261 e. The van der Waals surface area contributed by atoms with E-state index in [1.807, 2.05) is 18.2 Å². The molecular weight excluding hydrogens is 318 g/mol. The highest BCUT2D eigenvalue weighted by molar-refractivity contribution is 7.20. The fraction of sp³-hybridized carbons (Fsp3) is 0.579. The monoisotopic (exact) mass is 343 g/mol. The summed E-state index contributed by atoms with van der Waals surface area (Å²) in [6.07, 6.45) is 5.52. The molecule has 24 heavy (non-hydrogen) atoms. The largest absolute Gasteiger partial charge is 0.347 e. The number of carbonyl (C=O) groups is 1. The molecule has 4 nitrogen and oxygen atoms in total. The van der Waals surface area contributed by atoms with Crippen LogP contribution in [0.25, 0.3) is 10.2 Å². The van der Waals surface area contributed by atoms with Crippen molar-refractivity contribution in [1.82, 2.24) is 15.2 Å². The van der Waals surface area contributed by atoms with Gasteiger partial charge in [0.05, 0.1) is 4.88 Å². The highest BCUT2D eigenvalue weighted by Gasteiger charge is 2.37. The summed E-state index contributed by atoms with van der Waals surface area (Å²) in [4.78, 5) is 21.0. The molecule has 3 heterocycles. The van der Waals surface area contributed by atoms with Gasteiger partial charge in [0.2, 0.25) is 0 Å². The van der Waals surface area contributed by atoms with Crippen molar-refractivity contribution in [2.75, 3.05) is 19.6 Å². The number of hydrogen-bond donors (Lipinski definition) is 1. The predicted octanol–water partition coefficient (Wildman–Crippen LogP) is 3.54. The van der Waals surface area contributed by atoms with Crippen molar-refractivity contribution in [3.8, 4) is 0 Å². The standard InChI is InChI=1S/C19H25N3OS/c1-19(2)9-13(10-19)11-22-7-5-15(12-22)21-17(23)16-8-14-4-3-6-20-18(14)24-16/h3-4,6,8,13,15H,5,7,9-12H2,1-2H3,(H,21,23). The van der Waals surface area contributed by atoms with Gasteiger partial charge >= 0.3 is 0 Å². The van der Waals surface area contributed by atoms with Gasteiger partial charge in [0.15, 0.2) is 0 Å². The van der Waals surface area contributed by atoms with E-state index in [2.05, 4.69) is 29.0 Å². The van der Waals surface area contributed by atoms with Crippen molar-refractivity contribution in [3.63, 3.8) is 0 Å². The van der Waals surface area contributed by atoms with Gasteiger partial charge < -0.3 is 10.2 Å². The van der Waals surface area contributed by atoms with Crippen LogP contribution in [0.3, 0.4) is 0 Å². The van der Waals surface area contributed by atoms with Crippen molar-refractivity contribution < 1.29 is 4.79 Å². The summed E-state index contributed by atoms with van der Waals surface area (Å²) in [5.74, 6) is 0.901. The molecule has 5 heteroatoms. The molecular formula is C19H25N3OS. The van der Waals surface area contributed by atoms with Crippen molar-refractivity contribution >= 4 is 27.5 Å². The van der Waals surface area contributed by atoms with Crippen LogP contribution in [0.2, 0.25) is 0 Å². The normalized spacial score (nSPS) is 24.2. The zero-order chi connectivity index (χ0) is 16.7. The Morgan fingerprint density at radius 2 is 2.29 bits per heavy atom. The number of nitrogens with zero attached hydrogens (tertiary/aromatic N) is 2. The third kappa shape index (κ3) is 3.33. The molecule has 4 rings (SSSR count). The second-order valence-corrected chi connectivity index (χ2v) is 9.20. The molecule has 1 amide bonds. The van der Waals surface area contributed by atoms with Crippen molar-refractivity contribution in [2.45, 2.75) is 39.2 Å². The number of fused-ring (bicyclic) bond motifs is 1. The summed E-state index contributed by atoms with van der Waals surface area (Å²) in [7, 11) is 0. The first-order chi connectivity index (χ1) is 11.5. The highest BCUT2D eigenvalue weighted by Crippen LogP contribution is 2.45. The molecule has 1 unspecified atom stereocenters. The number of likely N-dealkylation sites (tertiary alicyclic amines) is 1. The lowest BCUT2D eigenvalue weighted by Gasteiger charge is -2.44. The quantitative estimate of drug-likeness (QED) is 0.923. The van der Waals surface area contributed by atoms with Crippen molar-refractivity contribution in [2.24, 2.45) is 11.3 Å². The summed E-state index contributed by atoms with van der Waals surface area (Å²) < 4.78 is 0. The average molecular weight is 343 g/mol. The first-order valence-electron chi connectivity index (χ1n) is 8.86. The van der Waals surface area contributed by atoms with Crippen LogP contribution in [-0.2, 0) is 0 Å². The molecule has 128 valence electrons. The van der Waals surface area contributed by atoms with Crippen LogP contribution in [0.5, 0.6) is 0 Å². The highest BCUT2D eigenvalue weighted by atomic mass is 32.1.